The summed E-state index contributed by atoms with van der Waals surface area (Å²) in [7, 11) is 0. The van der Waals surface area contributed by atoms with Gasteiger partial charge in [0.05, 0.1) is 17.6 Å². The molecule has 2 aromatic carbocycles. The number of hydrogen-bond acceptors (Lipinski definition) is 4. The number of H-pyrrole nitrogens is 1. The van der Waals surface area contributed by atoms with Crippen molar-refractivity contribution in [1.82, 2.24) is 15.3 Å². The summed E-state index contributed by atoms with van der Waals surface area (Å²) in [4.78, 5) is 20.6. The lowest BCUT2D eigenvalue weighted by molar-refractivity contribution is -0.119. The van der Waals surface area contributed by atoms with Gasteiger partial charge in [0.1, 0.15) is 10.9 Å². The molecule has 1 amide bonds. The van der Waals surface area contributed by atoms with Crippen molar-refractivity contribution in [3.63, 3.8) is 0 Å². The van der Waals surface area contributed by atoms with Crippen LogP contribution < -0.4 is 5.32 Å². The molecule has 2 heterocycles. The molecule has 1 aromatic heterocycles. The van der Waals surface area contributed by atoms with Crippen LogP contribution in [0.1, 0.15) is 25.3 Å². The first kappa shape index (κ1) is 20.7. The Bertz CT molecular complexity index is 964. The second kappa shape index (κ2) is 9.96. The van der Waals surface area contributed by atoms with Crippen LogP contribution in [0.15, 0.2) is 59.6 Å². The monoisotopic (exact) mass is 421 g/mol. The lowest BCUT2D eigenvalue weighted by Gasteiger charge is -2.10. The van der Waals surface area contributed by atoms with Gasteiger partial charge in [-0.25, -0.2) is 4.98 Å². The number of aryl methyl sites for hydroxylation is 1. The Morgan fingerprint density at radius 1 is 1.17 bits per heavy atom. The van der Waals surface area contributed by atoms with Crippen LogP contribution in [0.4, 0.5) is 0 Å². The minimum absolute atomic E-state index is 0.00589. The van der Waals surface area contributed by atoms with Gasteiger partial charge >= 0.3 is 0 Å². The van der Waals surface area contributed by atoms with Crippen LogP contribution >= 0.6 is 11.8 Å². The lowest BCUT2D eigenvalue weighted by atomic mass is 10.1. The molecule has 1 saturated heterocycles. The van der Waals surface area contributed by atoms with Crippen molar-refractivity contribution in [3.05, 3.63) is 60.2 Å². The maximum atomic E-state index is 12.3. The van der Waals surface area contributed by atoms with E-state index in [1.807, 2.05) is 18.2 Å². The SMILES string of the molecule is CCc1ccc(-c2nc(SCC(=O)NC[C@H]3CCCO3)c(-c3ccccc3)[nH]2)cc1. The van der Waals surface area contributed by atoms with Gasteiger partial charge in [-0.15, -0.1) is 0 Å². The number of amides is 1. The molecule has 0 bridgehead atoms. The molecule has 1 fully saturated rings. The quantitative estimate of drug-likeness (QED) is 0.518. The minimum atomic E-state index is 0.00589. The van der Waals surface area contributed by atoms with E-state index in [1.165, 1.54) is 17.3 Å². The molecule has 1 atom stereocenters. The van der Waals surface area contributed by atoms with E-state index in [4.69, 9.17) is 9.72 Å². The van der Waals surface area contributed by atoms with E-state index in [0.717, 1.165) is 53.5 Å². The second-order valence-electron chi connectivity index (χ2n) is 7.41. The fourth-order valence-corrected chi connectivity index (χ4v) is 4.35. The van der Waals surface area contributed by atoms with Gasteiger partial charge in [0.2, 0.25) is 5.91 Å². The normalized spacial score (nSPS) is 16.0. The second-order valence-corrected chi connectivity index (χ2v) is 8.37. The van der Waals surface area contributed by atoms with Crippen LogP contribution in [0.25, 0.3) is 22.6 Å². The molecule has 5 nitrogen and oxygen atoms in total. The van der Waals surface area contributed by atoms with Crippen molar-refractivity contribution >= 4 is 17.7 Å². The van der Waals surface area contributed by atoms with Crippen LogP contribution in [-0.2, 0) is 16.0 Å². The number of nitrogens with zero attached hydrogens (tertiary/aromatic N) is 1. The van der Waals surface area contributed by atoms with E-state index in [9.17, 15) is 4.79 Å². The number of hydrogen-bond donors (Lipinski definition) is 2. The Labute approximate surface area is 181 Å². The van der Waals surface area contributed by atoms with Gasteiger partial charge in [-0.2, -0.15) is 0 Å². The van der Waals surface area contributed by atoms with Crippen LogP contribution in [-0.4, -0.2) is 40.9 Å². The molecule has 2 N–H and O–H groups in total. The van der Waals surface area contributed by atoms with Crippen molar-refractivity contribution < 1.29 is 9.53 Å². The number of rotatable bonds is 8. The number of carbonyl (C=O) groups excluding carboxylic acids is 1. The molecule has 0 spiro atoms. The summed E-state index contributed by atoms with van der Waals surface area (Å²) in [5, 5.41) is 3.82. The first-order valence-electron chi connectivity index (χ1n) is 10.5. The van der Waals surface area contributed by atoms with Crippen LogP contribution in [0.5, 0.6) is 0 Å². The molecule has 30 heavy (non-hydrogen) atoms. The summed E-state index contributed by atoms with van der Waals surface area (Å²) in [5.41, 5.74) is 4.34. The molecule has 6 heteroatoms. The average Bonchev–Trinajstić information content (AvgIpc) is 3.47. The van der Waals surface area contributed by atoms with E-state index in [-0.39, 0.29) is 12.0 Å². The highest BCUT2D eigenvalue weighted by Crippen LogP contribution is 2.32. The smallest absolute Gasteiger partial charge is 0.230 e. The van der Waals surface area contributed by atoms with Crippen LogP contribution in [0.3, 0.4) is 0 Å². The molecule has 3 aromatic rings. The van der Waals surface area contributed by atoms with E-state index < -0.39 is 0 Å². The van der Waals surface area contributed by atoms with Gasteiger partial charge < -0.3 is 15.0 Å². The molecule has 0 unspecified atom stereocenters. The zero-order chi connectivity index (χ0) is 20.8. The molecule has 4 rings (SSSR count). The van der Waals surface area contributed by atoms with Gasteiger partial charge in [0.25, 0.3) is 0 Å². The zero-order valence-corrected chi connectivity index (χ0v) is 18.0. The number of thioether (sulfide) groups is 1. The maximum Gasteiger partial charge on any atom is 0.230 e. The van der Waals surface area contributed by atoms with E-state index >= 15 is 0 Å². The highest BCUT2D eigenvalue weighted by Gasteiger charge is 2.18. The van der Waals surface area contributed by atoms with Crippen molar-refractivity contribution in [1.29, 1.82) is 0 Å². The van der Waals surface area contributed by atoms with Gasteiger partial charge in [0.15, 0.2) is 0 Å². The first-order valence-corrected chi connectivity index (χ1v) is 11.5. The first-order chi connectivity index (χ1) is 14.7. The Kier molecular flexibility index (Phi) is 6.87. The third-order valence-electron chi connectivity index (χ3n) is 5.26. The van der Waals surface area contributed by atoms with Crippen molar-refractivity contribution in [2.45, 2.75) is 37.3 Å². The molecule has 156 valence electrons. The van der Waals surface area contributed by atoms with Crippen molar-refractivity contribution in [2.24, 2.45) is 0 Å². The van der Waals surface area contributed by atoms with Gasteiger partial charge in [-0.1, -0.05) is 73.3 Å². The number of imidazole rings is 1. The van der Waals surface area contributed by atoms with Gasteiger partial charge in [-0.05, 0) is 24.8 Å². The molecular weight excluding hydrogens is 394 g/mol. The Hall–Kier alpha value is -2.57. The third kappa shape index (κ3) is 5.12. The average molecular weight is 422 g/mol. The molecular formula is C24H27N3O2S. The lowest BCUT2D eigenvalue weighted by Crippen LogP contribution is -2.32. The fraction of sp³-hybridized carbons (Fsp3) is 0.333. The van der Waals surface area contributed by atoms with E-state index in [2.05, 4.69) is 53.6 Å². The molecule has 0 saturated carbocycles. The largest absolute Gasteiger partial charge is 0.376 e. The standard InChI is InChI=1S/C24H27N3O2S/c1-2-17-10-12-19(13-11-17)23-26-22(18-7-4-3-5-8-18)24(27-23)30-16-21(28)25-15-20-9-6-14-29-20/h3-5,7-8,10-13,20H,2,6,9,14-16H2,1H3,(H,25,28)(H,26,27)/t20-/m1/s1. The number of nitrogens with one attached hydrogen (secondary N) is 2. The number of carbonyl (C=O) groups is 1. The summed E-state index contributed by atoms with van der Waals surface area (Å²) >= 11 is 1.46. The zero-order valence-electron chi connectivity index (χ0n) is 17.2. The van der Waals surface area contributed by atoms with Gasteiger partial charge in [-0.3, -0.25) is 4.79 Å². The highest BCUT2D eigenvalue weighted by molar-refractivity contribution is 8.00. The van der Waals surface area contributed by atoms with Crippen LogP contribution in [0, 0.1) is 0 Å². The summed E-state index contributed by atoms with van der Waals surface area (Å²) in [6.45, 7) is 3.53. The summed E-state index contributed by atoms with van der Waals surface area (Å²) < 4.78 is 5.57. The molecule has 0 radical (unpaired) electrons. The van der Waals surface area contributed by atoms with E-state index in [1.54, 1.807) is 0 Å². The topological polar surface area (TPSA) is 67.0 Å². The molecule has 0 aliphatic carbocycles. The minimum Gasteiger partial charge on any atom is -0.376 e. The summed E-state index contributed by atoms with van der Waals surface area (Å²) in [6, 6.07) is 18.6. The van der Waals surface area contributed by atoms with E-state index in [0.29, 0.717) is 12.3 Å². The van der Waals surface area contributed by atoms with Crippen molar-refractivity contribution in [3.8, 4) is 22.6 Å². The Morgan fingerprint density at radius 3 is 2.67 bits per heavy atom. The highest BCUT2D eigenvalue weighted by atomic mass is 32.2. The number of ether oxygens (including phenoxy) is 1. The predicted molar refractivity (Wildman–Crippen MR) is 122 cm³/mol. The Balaban J connectivity index is 1.49. The predicted octanol–water partition coefficient (Wildman–Crippen LogP) is 4.69. The molecule has 1 aliphatic rings. The molecule has 1 aliphatic heterocycles. The third-order valence-corrected chi connectivity index (χ3v) is 6.23. The number of aromatic amines is 1. The Morgan fingerprint density at radius 2 is 1.97 bits per heavy atom. The number of aromatic nitrogens is 2. The van der Waals surface area contributed by atoms with Crippen molar-refractivity contribution in [2.75, 3.05) is 18.9 Å². The maximum absolute atomic E-state index is 12.3. The van der Waals surface area contributed by atoms with Gasteiger partial charge in [0, 0.05) is 24.3 Å². The number of benzene rings is 2. The fourth-order valence-electron chi connectivity index (χ4n) is 3.52. The summed E-state index contributed by atoms with van der Waals surface area (Å²) in [6.07, 6.45) is 3.26. The van der Waals surface area contributed by atoms with Crippen LogP contribution in [0.2, 0.25) is 0 Å². The summed E-state index contributed by atoms with van der Waals surface area (Å²) in [5.74, 6) is 1.15.